The monoisotopic (exact) mass is 303 g/mol. The molecule has 0 radical (unpaired) electrons. The molecule has 0 aliphatic heterocycles. The Balaban J connectivity index is 2.64. The zero-order valence-corrected chi connectivity index (χ0v) is 12.3. The predicted molar refractivity (Wildman–Crippen MR) is 79.5 cm³/mol. The molecule has 0 atom stereocenters. The van der Waals surface area contributed by atoms with Gasteiger partial charge in [-0.1, -0.05) is 12.2 Å². The van der Waals surface area contributed by atoms with Crippen LogP contribution in [-0.4, -0.2) is 26.1 Å². The Hall–Kier alpha value is -1.38. The molecule has 0 spiro atoms. The summed E-state index contributed by atoms with van der Waals surface area (Å²) in [4.78, 5) is 0.255. The van der Waals surface area contributed by atoms with Crippen molar-refractivity contribution in [1.29, 1.82) is 0 Å². The maximum atomic E-state index is 11.6. The Kier molecular flexibility index (Phi) is 5.52. The average molecular weight is 303 g/mol. The third kappa shape index (κ3) is 6.37. The zero-order chi connectivity index (χ0) is 14.5. The van der Waals surface area contributed by atoms with Crippen LogP contribution >= 0.6 is 12.2 Å². The van der Waals surface area contributed by atoms with Crippen LogP contribution in [0.1, 0.15) is 13.8 Å². The number of hydrogen-bond donors (Lipinski definition) is 3. The lowest BCUT2D eigenvalue weighted by atomic mass is 10.3. The van der Waals surface area contributed by atoms with Crippen molar-refractivity contribution in [3.8, 4) is 5.75 Å². The minimum atomic E-state index is -3.55. The van der Waals surface area contributed by atoms with Crippen LogP contribution in [0.4, 0.5) is 5.69 Å². The van der Waals surface area contributed by atoms with E-state index in [1.54, 1.807) is 38.1 Å². The number of benzene rings is 1. The molecule has 106 valence electrons. The molecule has 1 rings (SSSR count). The van der Waals surface area contributed by atoms with Gasteiger partial charge >= 0.3 is 0 Å². The second-order valence-corrected chi connectivity index (χ2v) is 6.13. The van der Waals surface area contributed by atoms with E-state index in [4.69, 9.17) is 10.5 Å². The molecule has 0 unspecified atom stereocenters. The lowest BCUT2D eigenvalue weighted by molar-refractivity contribution is 0.377. The van der Waals surface area contributed by atoms with E-state index >= 15 is 0 Å². The van der Waals surface area contributed by atoms with Crippen LogP contribution in [0.2, 0.25) is 0 Å². The maximum Gasteiger partial charge on any atom is 0.299 e. The Morgan fingerprint density at radius 3 is 2.42 bits per heavy atom. The first-order valence-electron chi connectivity index (χ1n) is 5.60. The Morgan fingerprint density at radius 1 is 1.37 bits per heavy atom. The van der Waals surface area contributed by atoms with Gasteiger partial charge in [-0.25, -0.2) is 0 Å². The van der Waals surface area contributed by atoms with Crippen molar-refractivity contribution in [3.05, 3.63) is 24.3 Å². The van der Waals surface area contributed by atoms with E-state index in [2.05, 4.69) is 21.7 Å². The summed E-state index contributed by atoms with van der Waals surface area (Å²) in [6.07, 6.45) is 0. The largest absolute Gasteiger partial charge is 0.487 e. The summed E-state index contributed by atoms with van der Waals surface area (Å²) in [5, 5.41) is 0. The lowest BCUT2D eigenvalue weighted by Crippen LogP contribution is -2.35. The molecule has 0 saturated heterocycles. The van der Waals surface area contributed by atoms with E-state index in [-0.39, 0.29) is 17.6 Å². The van der Waals surface area contributed by atoms with Crippen molar-refractivity contribution < 1.29 is 13.2 Å². The highest BCUT2D eigenvalue weighted by atomic mass is 32.2. The third-order valence-corrected chi connectivity index (χ3v) is 3.28. The Bertz CT molecular complexity index is 527. The van der Waals surface area contributed by atoms with Gasteiger partial charge in [-0.3, -0.25) is 4.72 Å². The van der Waals surface area contributed by atoms with E-state index in [1.807, 2.05) is 0 Å². The fourth-order valence-electron chi connectivity index (χ4n) is 1.27. The molecule has 0 heterocycles. The number of hydrogen-bond acceptors (Lipinski definition) is 4. The summed E-state index contributed by atoms with van der Waals surface area (Å²) in [7, 11) is -3.55. The van der Waals surface area contributed by atoms with Crippen LogP contribution in [0.25, 0.3) is 0 Å². The topological polar surface area (TPSA) is 93.5 Å². The van der Waals surface area contributed by atoms with Crippen LogP contribution in [0, 0.1) is 0 Å². The Morgan fingerprint density at radius 2 is 1.95 bits per heavy atom. The molecule has 1 aromatic carbocycles. The van der Waals surface area contributed by atoms with E-state index in [0.717, 1.165) is 0 Å². The molecule has 0 aliphatic carbocycles. The van der Waals surface area contributed by atoms with Crippen LogP contribution in [0.3, 0.4) is 0 Å². The minimum absolute atomic E-state index is 0.148. The fraction of sp³-hybridized carbons (Fsp3) is 0.364. The molecule has 6 nitrogen and oxygen atoms in total. The van der Waals surface area contributed by atoms with Gasteiger partial charge in [-0.05, 0) is 38.1 Å². The highest BCUT2D eigenvalue weighted by molar-refractivity contribution is 7.90. The molecule has 0 aliphatic rings. The van der Waals surface area contributed by atoms with Gasteiger partial charge in [-0.15, -0.1) is 0 Å². The molecule has 1 aromatic rings. The van der Waals surface area contributed by atoms with E-state index in [9.17, 15) is 8.42 Å². The van der Waals surface area contributed by atoms with Crippen LogP contribution < -0.4 is 19.9 Å². The van der Waals surface area contributed by atoms with Crippen LogP contribution in [0.15, 0.2) is 24.3 Å². The SMILES string of the molecule is CC(C)NS(=O)(=O)Nc1ccc(OCC(N)=S)cc1. The number of anilines is 1. The third-order valence-electron chi connectivity index (χ3n) is 1.88. The first kappa shape index (κ1) is 15.7. The van der Waals surface area contributed by atoms with Crippen molar-refractivity contribution in [2.75, 3.05) is 11.3 Å². The molecule has 0 fully saturated rings. The van der Waals surface area contributed by atoms with Gasteiger partial charge in [0.25, 0.3) is 10.2 Å². The van der Waals surface area contributed by atoms with Crippen molar-refractivity contribution in [2.45, 2.75) is 19.9 Å². The van der Waals surface area contributed by atoms with Gasteiger partial charge in [0.1, 0.15) is 17.3 Å². The molecule has 0 aromatic heterocycles. The number of thiocarbonyl (C=S) groups is 1. The van der Waals surface area contributed by atoms with E-state index < -0.39 is 10.2 Å². The smallest absolute Gasteiger partial charge is 0.299 e. The molecular formula is C11H17N3O3S2. The van der Waals surface area contributed by atoms with Gasteiger partial charge in [-0.2, -0.15) is 13.1 Å². The van der Waals surface area contributed by atoms with Gasteiger partial charge in [0.2, 0.25) is 0 Å². The molecule has 0 saturated carbocycles. The van der Waals surface area contributed by atoms with Crippen molar-refractivity contribution in [3.63, 3.8) is 0 Å². The summed E-state index contributed by atoms with van der Waals surface area (Å²) in [6, 6.07) is 6.27. The average Bonchev–Trinajstić information content (AvgIpc) is 2.25. The number of ether oxygens (including phenoxy) is 1. The molecule has 4 N–H and O–H groups in total. The summed E-state index contributed by atoms with van der Waals surface area (Å²) >= 11 is 4.69. The molecule has 0 bridgehead atoms. The Labute approximate surface area is 118 Å². The summed E-state index contributed by atoms with van der Waals surface area (Å²) < 4.78 is 33.3. The number of nitrogens with one attached hydrogen (secondary N) is 2. The first-order chi connectivity index (χ1) is 8.78. The van der Waals surface area contributed by atoms with Crippen molar-refractivity contribution in [1.82, 2.24) is 4.72 Å². The molecule has 19 heavy (non-hydrogen) atoms. The van der Waals surface area contributed by atoms with Crippen LogP contribution in [0.5, 0.6) is 5.75 Å². The fourth-order valence-corrected chi connectivity index (χ4v) is 2.45. The molecule has 8 heteroatoms. The maximum absolute atomic E-state index is 11.6. The summed E-state index contributed by atoms with van der Waals surface area (Å²) in [6.45, 7) is 3.63. The highest BCUT2D eigenvalue weighted by Crippen LogP contribution is 2.16. The predicted octanol–water partition coefficient (Wildman–Crippen LogP) is 1.01. The second kappa shape index (κ2) is 6.69. The van der Waals surface area contributed by atoms with Gasteiger partial charge in [0, 0.05) is 6.04 Å². The van der Waals surface area contributed by atoms with Gasteiger partial charge in [0.05, 0.1) is 5.69 Å². The van der Waals surface area contributed by atoms with Crippen LogP contribution in [-0.2, 0) is 10.2 Å². The van der Waals surface area contributed by atoms with E-state index in [0.29, 0.717) is 11.4 Å². The zero-order valence-electron chi connectivity index (χ0n) is 10.7. The number of rotatable bonds is 7. The lowest BCUT2D eigenvalue weighted by Gasteiger charge is -2.12. The van der Waals surface area contributed by atoms with Crippen molar-refractivity contribution >= 4 is 33.1 Å². The summed E-state index contributed by atoms with van der Waals surface area (Å²) in [5.41, 5.74) is 5.75. The summed E-state index contributed by atoms with van der Waals surface area (Å²) in [5.74, 6) is 0.563. The number of nitrogens with two attached hydrogens (primary N) is 1. The van der Waals surface area contributed by atoms with E-state index in [1.165, 1.54) is 0 Å². The molecule has 0 amide bonds. The normalized spacial score (nSPS) is 11.3. The minimum Gasteiger partial charge on any atom is -0.487 e. The first-order valence-corrected chi connectivity index (χ1v) is 7.49. The second-order valence-electron chi connectivity index (χ2n) is 4.16. The van der Waals surface area contributed by atoms with Crippen molar-refractivity contribution in [2.24, 2.45) is 5.73 Å². The highest BCUT2D eigenvalue weighted by Gasteiger charge is 2.11. The van der Waals surface area contributed by atoms with Gasteiger partial charge in [0.15, 0.2) is 0 Å². The quantitative estimate of drug-likeness (QED) is 0.654. The standard InChI is InChI=1S/C11H17N3O3S2/c1-8(2)13-19(15,16)14-9-3-5-10(6-4-9)17-7-11(12)18/h3-6,8,13-14H,7H2,1-2H3,(H2,12,18). The molecular weight excluding hydrogens is 286 g/mol. The van der Waals surface area contributed by atoms with Gasteiger partial charge < -0.3 is 10.5 Å².